The summed E-state index contributed by atoms with van der Waals surface area (Å²) in [5.74, 6) is 0. The molecule has 1 fully saturated rings. The summed E-state index contributed by atoms with van der Waals surface area (Å²) in [6.45, 7) is 8.84. The zero-order valence-corrected chi connectivity index (χ0v) is 25.3. The Kier molecular flexibility index (Phi) is 15.3. The van der Waals surface area contributed by atoms with Crippen LogP contribution in [0, 0.1) is 0 Å². The van der Waals surface area contributed by atoms with Crippen molar-refractivity contribution in [3.63, 3.8) is 0 Å². The fourth-order valence-corrected chi connectivity index (χ4v) is 5.73. The van der Waals surface area contributed by atoms with Gasteiger partial charge in [0.05, 0.1) is 25.4 Å². The molecule has 36 heavy (non-hydrogen) atoms. The average molecular weight is 616 g/mol. The minimum atomic E-state index is -0.538. The van der Waals surface area contributed by atoms with Crippen LogP contribution in [0.15, 0.2) is 30.3 Å². The summed E-state index contributed by atoms with van der Waals surface area (Å²) in [4.78, 5) is 12.4. The van der Waals surface area contributed by atoms with E-state index in [0.717, 1.165) is 12.0 Å². The summed E-state index contributed by atoms with van der Waals surface area (Å²) < 4.78 is 18.4. The van der Waals surface area contributed by atoms with E-state index in [1.54, 1.807) is 0 Å². The lowest BCUT2D eigenvalue weighted by Crippen LogP contribution is -2.48. The molecule has 4 atom stereocenters. The SMILES string of the molecule is CCCCCCCCCCCCC[C@@H](I)[C@@H]1OC[C@H](NC(=O)OC(C)(C)C)[C@@H]1OCc1ccccc1. The van der Waals surface area contributed by atoms with Crippen molar-refractivity contribution in [1.29, 1.82) is 0 Å². The number of benzene rings is 1. The molecule has 5 nitrogen and oxygen atoms in total. The highest BCUT2D eigenvalue weighted by molar-refractivity contribution is 14.1. The lowest BCUT2D eigenvalue weighted by Gasteiger charge is -2.28. The standard InChI is InChI=1S/C30H50INO4/c1-5-6-7-8-9-10-11-12-13-14-18-21-25(31)27-28(34-22-24-19-16-15-17-20-24)26(23-35-27)32-29(33)36-30(2,3)4/h15-17,19-20,25-28H,5-14,18,21-23H2,1-4H3,(H,32,33)/t25-,26+,27+,28+/m1/s1. The summed E-state index contributed by atoms with van der Waals surface area (Å²) in [5, 5.41) is 3.00. The number of rotatable bonds is 17. The van der Waals surface area contributed by atoms with Crippen LogP contribution in [0.3, 0.4) is 0 Å². The zero-order chi connectivity index (χ0) is 26.2. The minimum absolute atomic E-state index is 0.0441. The fourth-order valence-electron chi connectivity index (χ4n) is 4.67. The molecule has 0 unspecified atom stereocenters. The minimum Gasteiger partial charge on any atom is -0.444 e. The summed E-state index contributed by atoms with van der Waals surface area (Å²) in [7, 11) is 0. The van der Waals surface area contributed by atoms with Crippen LogP contribution in [0.25, 0.3) is 0 Å². The number of halogens is 1. The lowest BCUT2D eigenvalue weighted by atomic mass is 10.0. The Morgan fingerprint density at radius 3 is 2.17 bits per heavy atom. The number of alkyl carbamates (subject to hydrolysis) is 1. The van der Waals surface area contributed by atoms with Gasteiger partial charge in [-0.3, -0.25) is 0 Å². The van der Waals surface area contributed by atoms with Crippen LogP contribution in [0.4, 0.5) is 4.79 Å². The number of carbonyl (C=O) groups excluding carboxylic acids is 1. The molecule has 0 aromatic heterocycles. The van der Waals surface area contributed by atoms with Gasteiger partial charge in [-0.05, 0) is 32.8 Å². The molecule has 1 aliphatic rings. The molecule has 0 saturated carbocycles. The van der Waals surface area contributed by atoms with Crippen molar-refractivity contribution in [3.05, 3.63) is 35.9 Å². The van der Waals surface area contributed by atoms with Gasteiger partial charge in [0.2, 0.25) is 0 Å². The van der Waals surface area contributed by atoms with E-state index in [0.29, 0.717) is 17.1 Å². The zero-order valence-electron chi connectivity index (χ0n) is 23.1. The van der Waals surface area contributed by atoms with Gasteiger partial charge in [-0.1, -0.05) is 130 Å². The second kappa shape index (κ2) is 17.6. The van der Waals surface area contributed by atoms with Gasteiger partial charge < -0.3 is 19.5 Å². The van der Waals surface area contributed by atoms with E-state index in [9.17, 15) is 4.79 Å². The van der Waals surface area contributed by atoms with E-state index >= 15 is 0 Å². The van der Waals surface area contributed by atoms with Gasteiger partial charge in [-0.2, -0.15) is 0 Å². The number of nitrogens with one attached hydrogen (secondary N) is 1. The van der Waals surface area contributed by atoms with Crippen LogP contribution in [0.2, 0.25) is 0 Å². The molecule has 1 heterocycles. The molecule has 1 aromatic carbocycles. The molecule has 1 N–H and O–H groups in total. The summed E-state index contributed by atoms with van der Waals surface area (Å²) in [6.07, 6.45) is 15.3. The largest absolute Gasteiger partial charge is 0.444 e. The van der Waals surface area contributed by atoms with Crippen LogP contribution in [-0.2, 0) is 20.8 Å². The van der Waals surface area contributed by atoms with Crippen molar-refractivity contribution in [2.75, 3.05) is 6.61 Å². The Hall–Kier alpha value is -0.860. The Bertz CT molecular complexity index is 709. The summed E-state index contributed by atoms with van der Waals surface area (Å²) in [6, 6.07) is 9.95. The van der Waals surface area contributed by atoms with Crippen molar-refractivity contribution in [3.8, 4) is 0 Å². The number of unbranched alkanes of at least 4 members (excludes halogenated alkanes) is 10. The first-order chi connectivity index (χ1) is 17.3. The topological polar surface area (TPSA) is 56.8 Å². The van der Waals surface area contributed by atoms with Crippen LogP contribution in [0.1, 0.15) is 110 Å². The normalized spacial score (nSPS) is 20.9. The van der Waals surface area contributed by atoms with Crippen molar-refractivity contribution < 1.29 is 19.0 Å². The Balaban J connectivity index is 1.77. The van der Waals surface area contributed by atoms with Crippen LogP contribution < -0.4 is 5.32 Å². The highest BCUT2D eigenvalue weighted by Crippen LogP contribution is 2.29. The Labute approximate surface area is 233 Å². The third kappa shape index (κ3) is 13.1. The van der Waals surface area contributed by atoms with Gasteiger partial charge >= 0.3 is 6.09 Å². The van der Waals surface area contributed by atoms with Crippen LogP contribution >= 0.6 is 22.6 Å². The number of alkyl halides is 1. The van der Waals surface area contributed by atoms with E-state index in [1.807, 2.05) is 39.0 Å². The maximum atomic E-state index is 12.4. The molecule has 0 bridgehead atoms. The molecule has 6 heteroatoms. The Morgan fingerprint density at radius 1 is 1.00 bits per heavy atom. The van der Waals surface area contributed by atoms with Crippen molar-refractivity contribution in [1.82, 2.24) is 5.32 Å². The van der Waals surface area contributed by atoms with Crippen LogP contribution in [0.5, 0.6) is 0 Å². The van der Waals surface area contributed by atoms with Gasteiger partial charge in [0.15, 0.2) is 0 Å². The quantitative estimate of drug-likeness (QED) is 0.109. The highest BCUT2D eigenvalue weighted by Gasteiger charge is 2.42. The predicted molar refractivity (Wildman–Crippen MR) is 157 cm³/mol. The van der Waals surface area contributed by atoms with E-state index in [4.69, 9.17) is 14.2 Å². The number of hydrogen-bond donors (Lipinski definition) is 1. The maximum Gasteiger partial charge on any atom is 0.408 e. The first-order valence-electron chi connectivity index (χ1n) is 14.2. The van der Waals surface area contributed by atoms with E-state index in [-0.39, 0.29) is 18.2 Å². The van der Waals surface area contributed by atoms with Gasteiger partial charge in [-0.25, -0.2) is 4.79 Å². The summed E-state index contributed by atoms with van der Waals surface area (Å²) in [5.41, 5.74) is 0.582. The fraction of sp³-hybridized carbons (Fsp3) is 0.767. The molecule has 0 aliphatic carbocycles. The molecule has 2 rings (SSSR count). The van der Waals surface area contributed by atoms with Gasteiger partial charge in [-0.15, -0.1) is 0 Å². The summed E-state index contributed by atoms with van der Waals surface area (Å²) >= 11 is 2.52. The smallest absolute Gasteiger partial charge is 0.408 e. The average Bonchev–Trinajstić information content (AvgIpc) is 3.22. The predicted octanol–water partition coefficient (Wildman–Crippen LogP) is 8.37. The highest BCUT2D eigenvalue weighted by atomic mass is 127. The molecule has 0 spiro atoms. The van der Waals surface area contributed by atoms with Gasteiger partial charge in [0.1, 0.15) is 11.7 Å². The third-order valence-electron chi connectivity index (χ3n) is 6.62. The Morgan fingerprint density at radius 2 is 1.58 bits per heavy atom. The molecule has 1 aromatic rings. The van der Waals surface area contributed by atoms with Gasteiger partial charge in [0.25, 0.3) is 0 Å². The van der Waals surface area contributed by atoms with E-state index < -0.39 is 11.7 Å². The van der Waals surface area contributed by atoms with Crippen molar-refractivity contribution >= 4 is 28.7 Å². The number of hydrogen-bond acceptors (Lipinski definition) is 4. The molecule has 1 aliphatic heterocycles. The maximum absolute atomic E-state index is 12.4. The van der Waals surface area contributed by atoms with E-state index in [2.05, 4.69) is 47.0 Å². The second-order valence-corrected chi connectivity index (χ2v) is 12.8. The molecule has 206 valence electrons. The number of ether oxygens (including phenoxy) is 3. The van der Waals surface area contributed by atoms with E-state index in [1.165, 1.54) is 70.6 Å². The monoisotopic (exact) mass is 615 g/mol. The number of carbonyl (C=O) groups is 1. The first-order valence-corrected chi connectivity index (χ1v) is 15.5. The molecular formula is C30H50INO4. The van der Waals surface area contributed by atoms with Crippen molar-refractivity contribution in [2.24, 2.45) is 0 Å². The number of amides is 1. The second-order valence-electron chi connectivity index (χ2n) is 11.2. The van der Waals surface area contributed by atoms with Crippen LogP contribution in [-0.4, -0.2) is 40.5 Å². The third-order valence-corrected chi connectivity index (χ3v) is 7.95. The molecule has 1 amide bonds. The molecule has 0 radical (unpaired) electrons. The first kappa shape index (κ1) is 31.4. The lowest BCUT2D eigenvalue weighted by molar-refractivity contribution is -0.0231. The van der Waals surface area contributed by atoms with Gasteiger partial charge in [0, 0.05) is 3.92 Å². The van der Waals surface area contributed by atoms with Crippen molar-refractivity contribution in [2.45, 2.75) is 139 Å². The molecular weight excluding hydrogens is 565 g/mol. The molecule has 1 saturated heterocycles.